The van der Waals surface area contributed by atoms with Crippen LogP contribution in [0.4, 0.5) is 0 Å². The number of hydrogen-bond acceptors (Lipinski definition) is 5. The van der Waals surface area contributed by atoms with E-state index in [9.17, 15) is 14.4 Å². The van der Waals surface area contributed by atoms with Gasteiger partial charge in [-0.25, -0.2) is 4.98 Å². The van der Waals surface area contributed by atoms with E-state index in [2.05, 4.69) is 20.6 Å². The third kappa shape index (κ3) is 6.10. The molecule has 1 fully saturated rings. The fourth-order valence-electron chi connectivity index (χ4n) is 3.21. The van der Waals surface area contributed by atoms with Gasteiger partial charge in [0.1, 0.15) is 11.7 Å². The number of carbonyl (C=O) groups is 3. The summed E-state index contributed by atoms with van der Waals surface area (Å²) < 4.78 is 0. The summed E-state index contributed by atoms with van der Waals surface area (Å²) >= 11 is 0. The van der Waals surface area contributed by atoms with Crippen LogP contribution in [0.15, 0.2) is 48.9 Å². The maximum Gasteiger partial charge on any atom is 0.274 e. The Morgan fingerprint density at radius 3 is 2.76 bits per heavy atom. The van der Waals surface area contributed by atoms with Crippen LogP contribution in [0.3, 0.4) is 0 Å². The van der Waals surface area contributed by atoms with Gasteiger partial charge in [0.2, 0.25) is 11.8 Å². The van der Waals surface area contributed by atoms with Crippen molar-refractivity contribution in [1.82, 2.24) is 25.5 Å². The predicted molar refractivity (Wildman–Crippen MR) is 107 cm³/mol. The molecule has 1 atom stereocenters. The smallest absolute Gasteiger partial charge is 0.274 e. The van der Waals surface area contributed by atoms with Crippen molar-refractivity contribution in [3.63, 3.8) is 0 Å². The van der Waals surface area contributed by atoms with Crippen molar-refractivity contribution >= 4 is 17.7 Å². The van der Waals surface area contributed by atoms with Crippen molar-refractivity contribution in [2.45, 2.75) is 38.3 Å². The zero-order valence-electron chi connectivity index (χ0n) is 16.2. The molecule has 1 aliphatic rings. The summed E-state index contributed by atoms with van der Waals surface area (Å²) in [6, 6.07) is 9.04. The molecule has 0 saturated carbocycles. The molecule has 1 unspecified atom stereocenters. The molecule has 0 aliphatic carbocycles. The third-order valence-electron chi connectivity index (χ3n) is 4.77. The van der Waals surface area contributed by atoms with E-state index in [1.807, 2.05) is 30.3 Å². The van der Waals surface area contributed by atoms with Crippen molar-refractivity contribution in [1.29, 1.82) is 0 Å². The molecular formula is C21H25N5O3. The average Bonchev–Trinajstić information content (AvgIpc) is 2.96. The normalized spacial score (nSPS) is 16.4. The quantitative estimate of drug-likeness (QED) is 0.735. The lowest BCUT2D eigenvalue weighted by atomic mass is 10.1. The maximum absolute atomic E-state index is 12.9. The second kappa shape index (κ2) is 10.3. The zero-order valence-corrected chi connectivity index (χ0v) is 16.2. The highest BCUT2D eigenvalue weighted by atomic mass is 16.2. The van der Waals surface area contributed by atoms with Gasteiger partial charge in [0, 0.05) is 38.4 Å². The van der Waals surface area contributed by atoms with E-state index in [0.717, 1.165) is 18.4 Å². The first-order chi connectivity index (χ1) is 14.1. The Kier molecular flexibility index (Phi) is 7.27. The van der Waals surface area contributed by atoms with Gasteiger partial charge in [0.25, 0.3) is 5.91 Å². The number of aromatic nitrogens is 2. The van der Waals surface area contributed by atoms with Crippen LogP contribution in [-0.2, 0) is 16.1 Å². The monoisotopic (exact) mass is 395 g/mol. The summed E-state index contributed by atoms with van der Waals surface area (Å²) in [7, 11) is 0. The van der Waals surface area contributed by atoms with Crippen LogP contribution >= 0.6 is 0 Å². The first kappa shape index (κ1) is 20.4. The lowest BCUT2D eigenvalue weighted by Crippen LogP contribution is -2.46. The van der Waals surface area contributed by atoms with Crippen LogP contribution in [0.2, 0.25) is 0 Å². The minimum atomic E-state index is -0.511. The number of rotatable bonds is 7. The number of amides is 3. The molecule has 0 radical (unpaired) electrons. The average molecular weight is 395 g/mol. The topological polar surface area (TPSA) is 104 Å². The summed E-state index contributed by atoms with van der Waals surface area (Å²) in [4.78, 5) is 46.9. The predicted octanol–water partition coefficient (Wildman–Crippen LogP) is 1.29. The number of benzene rings is 1. The number of nitrogens with zero attached hydrogens (tertiary/aromatic N) is 3. The maximum atomic E-state index is 12.9. The van der Waals surface area contributed by atoms with Gasteiger partial charge in [-0.3, -0.25) is 19.4 Å². The molecule has 8 heteroatoms. The summed E-state index contributed by atoms with van der Waals surface area (Å²) in [5.74, 6) is -0.688. The van der Waals surface area contributed by atoms with E-state index in [-0.39, 0.29) is 36.4 Å². The Bertz CT molecular complexity index is 829. The molecule has 0 spiro atoms. The Labute approximate surface area is 169 Å². The van der Waals surface area contributed by atoms with Crippen molar-refractivity contribution < 1.29 is 14.4 Å². The van der Waals surface area contributed by atoms with E-state index < -0.39 is 6.04 Å². The number of carbonyl (C=O) groups excluding carboxylic acids is 3. The van der Waals surface area contributed by atoms with E-state index in [4.69, 9.17) is 0 Å². The Balaban J connectivity index is 1.63. The molecule has 2 N–H and O–H groups in total. The zero-order chi connectivity index (χ0) is 20.5. The van der Waals surface area contributed by atoms with Gasteiger partial charge < -0.3 is 15.5 Å². The van der Waals surface area contributed by atoms with Crippen LogP contribution in [-0.4, -0.2) is 51.7 Å². The lowest BCUT2D eigenvalue weighted by Gasteiger charge is -2.23. The standard InChI is InChI=1S/C21H25N5O3/c27-19(25-17-8-4-5-10-24-20(17)28)9-13-26(15-16-6-2-1-3-7-16)21(29)18-14-22-11-12-23-18/h1-3,6-7,11-12,14,17H,4-5,8-10,13,15H2,(H,24,28)(H,25,27). The van der Waals surface area contributed by atoms with E-state index >= 15 is 0 Å². The molecule has 2 aromatic rings. The van der Waals surface area contributed by atoms with Gasteiger partial charge in [0.15, 0.2) is 0 Å². The molecule has 1 aromatic carbocycles. The molecule has 1 aliphatic heterocycles. The summed E-state index contributed by atoms with van der Waals surface area (Å²) in [6.07, 6.45) is 6.90. The SMILES string of the molecule is O=C(CCN(Cc1ccccc1)C(=O)c1cnccn1)NC1CCCCNC1=O. The molecule has 8 nitrogen and oxygen atoms in total. The van der Waals surface area contributed by atoms with Crippen LogP contribution < -0.4 is 10.6 Å². The summed E-state index contributed by atoms with van der Waals surface area (Å²) in [6.45, 7) is 1.21. The second-order valence-electron chi connectivity index (χ2n) is 6.96. The van der Waals surface area contributed by atoms with Gasteiger partial charge in [-0.15, -0.1) is 0 Å². The van der Waals surface area contributed by atoms with Gasteiger partial charge in [-0.2, -0.15) is 0 Å². The van der Waals surface area contributed by atoms with Crippen LogP contribution in [0.1, 0.15) is 41.7 Å². The van der Waals surface area contributed by atoms with Gasteiger partial charge in [-0.1, -0.05) is 30.3 Å². The van der Waals surface area contributed by atoms with Crippen LogP contribution in [0.25, 0.3) is 0 Å². The molecule has 0 bridgehead atoms. The molecule has 1 saturated heterocycles. The minimum absolute atomic E-state index is 0.0998. The van der Waals surface area contributed by atoms with Gasteiger partial charge in [-0.05, 0) is 24.8 Å². The Morgan fingerprint density at radius 1 is 1.17 bits per heavy atom. The van der Waals surface area contributed by atoms with Crippen molar-refractivity contribution in [3.05, 3.63) is 60.2 Å². The second-order valence-corrected chi connectivity index (χ2v) is 6.96. The molecule has 3 amide bonds. The van der Waals surface area contributed by atoms with Gasteiger partial charge >= 0.3 is 0 Å². The third-order valence-corrected chi connectivity index (χ3v) is 4.77. The minimum Gasteiger partial charge on any atom is -0.354 e. The molecule has 29 heavy (non-hydrogen) atoms. The van der Waals surface area contributed by atoms with E-state index in [1.54, 1.807) is 4.90 Å². The van der Waals surface area contributed by atoms with Crippen molar-refractivity contribution in [2.24, 2.45) is 0 Å². The number of nitrogens with one attached hydrogen (secondary N) is 2. The Hall–Kier alpha value is -3.29. The number of hydrogen-bond donors (Lipinski definition) is 2. The van der Waals surface area contributed by atoms with Crippen molar-refractivity contribution in [3.8, 4) is 0 Å². The van der Waals surface area contributed by atoms with Crippen molar-refractivity contribution in [2.75, 3.05) is 13.1 Å². The molecular weight excluding hydrogens is 370 g/mol. The first-order valence-electron chi connectivity index (χ1n) is 9.80. The highest BCUT2D eigenvalue weighted by molar-refractivity contribution is 5.92. The highest BCUT2D eigenvalue weighted by Gasteiger charge is 2.23. The van der Waals surface area contributed by atoms with Crippen LogP contribution in [0, 0.1) is 0 Å². The van der Waals surface area contributed by atoms with E-state index in [1.165, 1.54) is 18.6 Å². The van der Waals surface area contributed by atoms with Crippen LogP contribution in [0.5, 0.6) is 0 Å². The Morgan fingerprint density at radius 2 is 2.00 bits per heavy atom. The summed E-state index contributed by atoms with van der Waals surface area (Å²) in [5.41, 5.74) is 1.18. The molecule has 1 aromatic heterocycles. The van der Waals surface area contributed by atoms with Gasteiger partial charge in [0.05, 0.1) is 6.20 Å². The molecule has 152 valence electrons. The molecule has 2 heterocycles. The van der Waals surface area contributed by atoms with E-state index in [0.29, 0.717) is 19.5 Å². The first-order valence-corrected chi connectivity index (χ1v) is 9.80. The largest absolute Gasteiger partial charge is 0.354 e. The lowest BCUT2D eigenvalue weighted by molar-refractivity contribution is -0.128. The highest BCUT2D eigenvalue weighted by Crippen LogP contribution is 2.10. The fourth-order valence-corrected chi connectivity index (χ4v) is 3.21. The molecule has 3 rings (SSSR count). The fraction of sp³-hybridized carbons (Fsp3) is 0.381. The summed E-state index contributed by atoms with van der Waals surface area (Å²) in [5, 5.41) is 5.59.